The minimum atomic E-state index is -0.282. The second kappa shape index (κ2) is 8.65. The molecule has 0 radical (unpaired) electrons. The lowest BCUT2D eigenvalue weighted by molar-refractivity contribution is 0.0863. The fourth-order valence-corrected chi connectivity index (χ4v) is 3.99. The maximum Gasteiger partial charge on any atom is 0.410 e. The average molecular weight is 434 g/mol. The van der Waals surface area contributed by atoms with E-state index in [0.29, 0.717) is 31.1 Å². The second-order valence-corrected chi connectivity index (χ2v) is 7.21. The highest BCUT2D eigenvalue weighted by Gasteiger charge is 2.33. The maximum atomic E-state index is 12.6. The van der Waals surface area contributed by atoms with Crippen molar-refractivity contribution in [1.29, 1.82) is 0 Å². The van der Waals surface area contributed by atoms with Crippen LogP contribution in [-0.2, 0) is 17.6 Å². The van der Waals surface area contributed by atoms with Gasteiger partial charge in [0.15, 0.2) is 11.5 Å². The Morgan fingerprint density at radius 1 is 1.19 bits per heavy atom. The quantitative estimate of drug-likeness (QED) is 0.681. The lowest BCUT2D eigenvalue weighted by Crippen LogP contribution is -2.41. The van der Waals surface area contributed by atoms with E-state index in [9.17, 15) is 4.79 Å². The maximum absolute atomic E-state index is 12.6. The zero-order chi connectivity index (χ0) is 19.4. The molecule has 1 aliphatic heterocycles. The lowest BCUT2D eigenvalue weighted by atomic mass is 9.88. The Kier molecular flexibility index (Phi) is 6.26. The van der Waals surface area contributed by atoms with Crippen molar-refractivity contribution in [3.05, 3.63) is 57.6 Å². The number of carbonyl (C=O) groups excluding carboxylic acids is 1. The summed E-state index contributed by atoms with van der Waals surface area (Å²) < 4.78 is 17.3. The van der Waals surface area contributed by atoms with Gasteiger partial charge in [-0.05, 0) is 54.7 Å². The Morgan fingerprint density at radius 2 is 1.89 bits per heavy atom. The van der Waals surface area contributed by atoms with Crippen LogP contribution >= 0.6 is 15.9 Å². The third-order valence-electron chi connectivity index (χ3n) is 4.88. The molecule has 1 amide bonds. The molecule has 2 aromatic rings. The molecule has 3 rings (SSSR count). The van der Waals surface area contributed by atoms with Gasteiger partial charge in [0.1, 0.15) is 0 Å². The predicted molar refractivity (Wildman–Crippen MR) is 108 cm³/mol. The van der Waals surface area contributed by atoms with E-state index in [-0.39, 0.29) is 12.1 Å². The number of benzene rings is 2. The molecule has 1 atom stereocenters. The zero-order valence-corrected chi connectivity index (χ0v) is 17.4. The van der Waals surface area contributed by atoms with Gasteiger partial charge < -0.3 is 19.1 Å². The molecule has 2 aromatic carbocycles. The third-order valence-corrected chi connectivity index (χ3v) is 5.65. The van der Waals surface area contributed by atoms with E-state index in [0.717, 1.165) is 22.0 Å². The summed E-state index contributed by atoms with van der Waals surface area (Å²) >= 11 is 3.62. The zero-order valence-electron chi connectivity index (χ0n) is 15.8. The van der Waals surface area contributed by atoms with Gasteiger partial charge in [-0.3, -0.25) is 0 Å². The van der Waals surface area contributed by atoms with Crippen LogP contribution in [-0.4, -0.2) is 38.4 Å². The molecule has 27 heavy (non-hydrogen) atoms. The van der Waals surface area contributed by atoms with Crippen LogP contribution in [0.5, 0.6) is 11.5 Å². The fourth-order valence-electron chi connectivity index (χ4n) is 3.55. The number of hydrogen-bond donors (Lipinski definition) is 0. The number of amides is 1. The Hall–Kier alpha value is -2.21. The molecule has 0 saturated heterocycles. The molecule has 0 spiro atoms. The van der Waals surface area contributed by atoms with E-state index in [1.165, 1.54) is 5.56 Å². The largest absolute Gasteiger partial charge is 0.493 e. The van der Waals surface area contributed by atoms with Gasteiger partial charge in [-0.25, -0.2) is 4.79 Å². The number of ether oxygens (including phenoxy) is 3. The first kappa shape index (κ1) is 19.5. The van der Waals surface area contributed by atoms with Gasteiger partial charge in [0.2, 0.25) is 0 Å². The molecule has 5 nitrogen and oxygen atoms in total. The smallest absolute Gasteiger partial charge is 0.410 e. The van der Waals surface area contributed by atoms with Crippen LogP contribution in [0.2, 0.25) is 0 Å². The van der Waals surface area contributed by atoms with Gasteiger partial charge >= 0.3 is 6.09 Å². The van der Waals surface area contributed by atoms with Crippen molar-refractivity contribution in [1.82, 2.24) is 4.90 Å². The van der Waals surface area contributed by atoms with E-state index in [2.05, 4.69) is 22.0 Å². The minimum absolute atomic E-state index is 0.133. The highest BCUT2D eigenvalue weighted by atomic mass is 79.9. The first-order valence-corrected chi connectivity index (χ1v) is 9.79. The van der Waals surface area contributed by atoms with Gasteiger partial charge in [0.05, 0.1) is 26.9 Å². The van der Waals surface area contributed by atoms with Gasteiger partial charge in [-0.1, -0.05) is 34.1 Å². The summed E-state index contributed by atoms with van der Waals surface area (Å²) in [7, 11) is 3.26. The van der Waals surface area contributed by atoms with Crippen LogP contribution in [0, 0.1) is 0 Å². The van der Waals surface area contributed by atoms with Crippen LogP contribution in [0.3, 0.4) is 0 Å². The number of fused-ring (bicyclic) bond motifs is 1. The summed E-state index contributed by atoms with van der Waals surface area (Å²) in [5.41, 5.74) is 3.38. The van der Waals surface area contributed by atoms with Crippen LogP contribution < -0.4 is 9.47 Å². The molecule has 1 heterocycles. The fraction of sp³-hybridized carbons (Fsp3) is 0.381. The molecular formula is C21H24BrNO4. The predicted octanol–water partition coefficient (Wildman–Crippen LogP) is 4.76. The summed E-state index contributed by atoms with van der Waals surface area (Å²) in [4.78, 5) is 14.4. The molecule has 144 valence electrons. The normalized spacial score (nSPS) is 15.9. The summed E-state index contributed by atoms with van der Waals surface area (Å²) in [6.45, 7) is 2.79. The summed E-state index contributed by atoms with van der Waals surface area (Å²) in [6.07, 6.45) is 1.15. The van der Waals surface area contributed by atoms with Crippen molar-refractivity contribution >= 4 is 22.0 Å². The molecule has 0 fully saturated rings. The Balaban J connectivity index is 2.05. The number of hydrogen-bond acceptors (Lipinski definition) is 4. The van der Waals surface area contributed by atoms with E-state index < -0.39 is 0 Å². The van der Waals surface area contributed by atoms with Gasteiger partial charge in [0, 0.05) is 11.0 Å². The van der Waals surface area contributed by atoms with Crippen molar-refractivity contribution in [2.75, 3.05) is 27.4 Å². The number of nitrogens with zero attached hydrogens (tertiary/aromatic N) is 1. The number of rotatable bonds is 5. The average Bonchev–Trinajstić information content (AvgIpc) is 2.68. The van der Waals surface area contributed by atoms with Gasteiger partial charge in [0.25, 0.3) is 0 Å². The van der Waals surface area contributed by atoms with Crippen molar-refractivity contribution in [2.45, 2.75) is 25.8 Å². The number of halogens is 1. The van der Waals surface area contributed by atoms with Gasteiger partial charge in [-0.2, -0.15) is 0 Å². The highest BCUT2D eigenvalue weighted by Crippen LogP contribution is 2.40. The SMILES string of the molecule is CCOC(=O)N1CCc2cc(OC)c(OC)cc2C1Cc1ccccc1Br. The second-order valence-electron chi connectivity index (χ2n) is 6.36. The molecular weight excluding hydrogens is 410 g/mol. The molecule has 0 aromatic heterocycles. The monoisotopic (exact) mass is 433 g/mol. The number of methoxy groups -OCH3 is 2. The van der Waals surface area contributed by atoms with Crippen molar-refractivity contribution < 1.29 is 19.0 Å². The van der Waals surface area contributed by atoms with Crippen molar-refractivity contribution in [3.63, 3.8) is 0 Å². The summed E-state index contributed by atoms with van der Waals surface area (Å²) in [5, 5.41) is 0. The van der Waals surface area contributed by atoms with Crippen LogP contribution in [0.15, 0.2) is 40.9 Å². The highest BCUT2D eigenvalue weighted by molar-refractivity contribution is 9.10. The molecule has 1 aliphatic rings. The van der Waals surface area contributed by atoms with E-state index >= 15 is 0 Å². The van der Waals surface area contributed by atoms with E-state index in [1.807, 2.05) is 42.2 Å². The van der Waals surface area contributed by atoms with Gasteiger partial charge in [-0.15, -0.1) is 0 Å². The van der Waals surface area contributed by atoms with E-state index in [1.54, 1.807) is 14.2 Å². The summed E-state index contributed by atoms with van der Waals surface area (Å²) in [5.74, 6) is 1.37. The van der Waals surface area contributed by atoms with Crippen LogP contribution in [0.4, 0.5) is 4.79 Å². The molecule has 0 N–H and O–H groups in total. The third kappa shape index (κ3) is 4.05. The van der Waals surface area contributed by atoms with Crippen molar-refractivity contribution in [2.24, 2.45) is 0 Å². The molecule has 6 heteroatoms. The Labute approximate surface area is 168 Å². The Morgan fingerprint density at radius 3 is 2.56 bits per heavy atom. The first-order valence-electron chi connectivity index (χ1n) is 9.00. The van der Waals surface area contributed by atoms with Crippen LogP contribution in [0.25, 0.3) is 0 Å². The topological polar surface area (TPSA) is 48.0 Å². The number of carbonyl (C=O) groups is 1. The molecule has 0 bridgehead atoms. The van der Waals surface area contributed by atoms with Crippen molar-refractivity contribution in [3.8, 4) is 11.5 Å². The molecule has 1 unspecified atom stereocenters. The standard InChI is InChI=1S/C21H24BrNO4/c1-4-27-21(24)23-10-9-14-12-19(25-2)20(26-3)13-16(14)18(23)11-15-7-5-6-8-17(15)22/h5-8,12-13,18H,4,9-11H2,1-3H3. The first-order chi connectivity index (χ1) is 13.1. The van der Waals surface area contributed by atoms with E-state index in [4.69, 9.17) is 14.2 Å². The lowest BCUT2D eigenvalue weighted by Gasteiger charge is -2.37. The Bertz CT molecular complexity index is 824. The summed E-state index contributed by atoms with van der Waals surface area (Å²) in [6, 6.07) is 12.0. The molecule has 0 saturated carbocycles. The molecule has 0 aliphatic carbocycles. The minimum Gasteiger partial charge on any atom is -0.493 e. The van der Waals surface area contributed by atoms with Crippen LogP contribution in [0.1, 0.15) is 29.7 Å².